The third kappa shape index (κ3) is 18.5. The van der Waals surface area contributed by atoms with Gasteiger partial charge >= 0.3 is 6.03 Å². The van der Waals surface area contributed by atoms with Crippen molar-refractivity contribution in [3.05, 3.63) is 12.2 Å². The fraction of sp³-hybridized carbons (Fsp3) is 0.789. The zero-order valence-electron chi connectivity index (χ0n) is 14.9. The van der Waals surface area contributed by atoms with Gasteiger partial charge in [-0.15, -0.1) is 0 Å². The van der Waals surface area contributed by atoms with Crippen LogP contribution in [0.4, 0.5) is 4.79 Å². The Balaban J connectivity index is 3.21. The van der Waals surface area contributed by atoms with E-state index in [9.17, 15) is 4.79 Å². The molecule has 0 spiro atoms. The molecule has 0 saturated heterocycles. The van der Waals surface area contributed by atoms with Gasteiger partial charge in [0.25, 0.3) is 0 Å². The van der Waals surface area contributed by atoms with Crippen LogP contribution in [-0.2, 0) is 0 Å². The van der Waals surface area contributed by atoms with Gasteiger partial charge in [-0.2, -0.15) is 5.26 Å². The Morgan fingerprint density at radius 1 is 0.870 bits per heavy atom. The van der Waals surface area contributed by atoms with Gasteiger partial charge in [0.15, 0.2) is 0 Å². The highest BCUT2D eigenvalue weighted by Crippen LogP contribution is 2.06. The normalized spacial score (nSPS) is 10.6. The van der Waals surface area contributed by atoms with E-state index in [2.05, 4.69) is 35.8 Å². The first-order chi connectivity index (χ1) is 11.3. The van der Waals surface area contributed by atoms with E-state index in [1.165, 1.54) is 32.1 Å². The zero-order chi connectivity index (χ0) is 17.0. The molecule has 0 fully saturated rings. The minimum Gasteiger partial charge on any atom is -0.338 e. The molecule has 0 saturated carbocycles. The van der Waals surface area contributed by atoms with E-state index in [-0.39, 0.29) is 6.03 Å². The minimum absolute atomic E-state index is 0.0342. The van der Waals surface area contributed by atoms with Gasteiger partial charge in [0.2, 0.25) is 0 Å². The Morgan fingerprint density at radius 3 is 2.04 bits per heavy atom. The van der Waals surface area contributed by atoms with E-state index in [0.29, 0.717) is 6.42 Å². The van der Waals surface area contributed by atoms with Gasteiger partial charge in [0.05, 0.1) is 6.07 Å². The highest BCUT2D eigenvalue weighted by Gasteiger charge is 1.97. The van der Waals surface area contributed by atoms with E-state index in [1.54, 1.807) is 0 Å². The van der Waals surface area contributed by atoms with Gasteiger partial charge in [0, 0.05) is 19.5 Å². The summed E-state index contributed by atoms with van der Waals surface area (Å²) in [5.41, 5.74) is 0. The van der Waals surface area contributed by atoms with Crippen molar-refractivity contribution in [1.29, 1.82) is 5.26 Å². The van der Waals surface area contributed by atoms with Gasteiger partial charge in [-0.05, 0) is 44.9 Å². The van der Waals surface area contributed by atoms with Gasteiger partial charge < -0.3 is 10.6 Å². The standard InChI is InChI=1S/C19H35N3O/c1-2-3-14-17-21-19(23)22-18-15-12-10-8-6-4-5-7-9-11-13-16-20/h6,8H,2-5,7,9-15,17-18H2,1H3,(H2,21,22,23). The van der Waals surface area contributed by atoms with Crippen LogP contribution in [0.5, 0.6) is 0 Å². The summed E-state index contributed by atoms with van der Waals surface area (Å²) in [4.78, 5) is 11.5. The number of urea groups is 1. The maximum Gasteiger partial charge on any atom is 0.314 e. The summed E-state index contributed by atoms with van der Waals surface area (Å²) in [7, 11) is 0. The van der Waals surface area contributed by atoms with Crippen LogP contribution in [0.3, 0.4) is 0 Å². The van der Waals surface area contributed by atoms with Crippen molar-refractivity contribution < 1.29 is 4.79 Å². The van der Waals surface area contributed by atoms with Crippen LogP contribution in [0.2, 0.25) is 0 Å². The molecule has 0 aliphatic heterocycles. The van der Waals surface area contributed by atoms with Crippen molar-refractivity contribution in [2.75, 3.05) is 13.1 Å². The monoisotopic (exact) mass is 321 g/mol. The predicted octanol–water partition coefficient (Wildman–Crippen LogP) is 5.07. The maximum atomic E-state index is 11.5. The average Bonchev–Trinajstić information content (AvgIpc) is 2.56. The van der Waals surface area contributed by atoms with E-state index in [0.717, 1.165) is 51.6 Å². The first-order valence-corrected chi connectivity index (χ1v) is 9.35. The number of hydrogen-bond donors (Lipinski definition) is 2. The Kier molecular flexibility index (Phi) is 17.3. The molecule has 23 heavy (non-hydrogen) atoms. The average molecular weight is 322 g/mol. The Hall–Kier alpha value is -1.50. The lowest BCUT2D eigenvalue weighted by molar-refractivity contribution is 0.240. The molecule has 4 heteroatoms. The van der Waals surface area contributed by atoms with Gasteiger partial charge in [0.1, 0.15) is 0 Å². The quantitative estimate of drug-likeness (QED) is 0.327. The second-order valence-corrected chi connectivity index (χ2v) is 5.97. The lowest BCUT2D eigenvalue weighted by atomic mass is 10.1. The number of nitriles is 1. The zero-order valence-corrected chi connectivity index (χ0v) is 14.9. The van der Waals surface area contributed by atoms with Gasteiger partial charge in [-0.25, -0.2) is 4.79 Å². The summed E-state index contributed by atoms with van der Waals surface area (Å²) in [6, 6.07) is 2.15. The van der Waals surface area contributed by atoms with Gasteiger partial charge in [-0.3, -0.25) is 0 Å². The number of allylic oxidation sites excluding steroid dienone is 2. The summed E-state index contributed by atoms with van der Waals surface area (Å²) in [6.45, 7) is 3.69. The highest BCUT2D eigenvalue weighted by molar-refractivity contribution is 5.73. The summed E-state index contributed by atoms with van der Waals surface area (Å²) in [5, 5.41) is 14.2. The van der Waals surface area contributed by atoms with Crippen molar-refractivity contribution in [1.82, 2.24) is 10.6 Å². The molecule has 0 rings (SSSR count). The largest absolute Gasteiger partial charge is 0.338 e. The van der Waals surface area contributed by atoms with Crippen LogP contribution >= 0.6 is 0 Å². The first-order valence-electron chi connectivity index (χ1n) is 9.35. The van der Waals surface area contributed by atoms with Crippen LogP contribution in [0, 0.1) is 11.3 Å². The van der Waals surface area contributed by atoms with Crippen molar-refractivity contribution in [3.63, 3.8) is 0 Å². The van der Waals surface area contributed by atoms with Crippen molar-refractivity contribution in [2.24, 2.45) is 0 Å². The maximum absolute atomic E-state index is 11.5. The number of carbonyl (C=O) groups is 1. The molecule has 0 aromatic carbocycles. The summed E-state index contributed by atoms with van der Waals surface area (Å²) in [5.74, 6) is 0. The van der Waals surface area contributed by atoms with Crippen LogP contribution in [-0.4, -0.2) is 19.1 Å². The molecular weight excluding hydrogens is 286 g/mol. The molecule has 0 aliphatic carbocycles. The lowest BCUT2D eigenvalue weighted by Crippen LogP contribution is -2.36. The highest BCUT2D eigenvalue weighted by atomic mass is 16.2. The summed E-state index contributed by atoms with van der Waals surface area (Å²) in [6.07, 6.45) is 17.7. The number of amides is 2. The number of nitrogens with zero attached hydrogens (tertiary/aromatic N) is 1. The second kappa shape index (κ2) is 18.5. The summed E-state index contributed by atoms with van der Waals surface area (Å²) >= 11 is 0. The van der Waals surface area contributed by atoms with E-state index < -0.39 is 0 Å². The van der Waals surface area contributed by atoms with E-state index in [4.69, 9.17) is 5.26 Å². The van der Waals surface area contributed by atoms with Crippen LogP contribution in [0.25, 0.3) is 0 Å². The fourth-order valence-corrected chi connectivity index (χ4v) is 2.28. The van der Waals surface area contributed by atoms with E-state index >= 15 is 0 Å². The third-order valence-electron chi connectivity index (χ3n) is 3.73. The molecule has 0 bridgehead atoms. The van der Waals surface area contributed by atoms with Crippen LogP contribution in [0.1, 0.15) is 84.0 Å². The SMILES string of the molecule is CCCCCNC(=O)NCCCCC=CCCCCCCC#N. The molecule has 0 aromatic rings. The molecule has 0 aromatic heterocycles. The molecule has 0 heterocycles. The molecule has 132 valence electrons. The number of rotatable bonds is 15. The van der Waals surface area contributed by atoms with Gasteiger partial charge in [-0.1, -0.05) is 44.8 Å². The molecular formula is C19H35N3O. The third-order valence-corrected chi connectivity index (χ3v) is 3.73. The number of unbranched alkanes of at least 4 members (excludes halogenated alkanes) is 9. The first kappa shape index (κ1) is 21.5. The fourth-order valence-electron chi connectivity index (χ4n) is 2.28. The van der Waals surface area contributed by atoms with E-state index in [1.807, 2.05) is 0 Å². The number of nitrogens with one attached hydrogen (secondary N) is 2. The van der Waals surface area contributed by atoms with Crippen LogP contribution < -0.4 is 10.6 Å². The Labute approximate surface area is 142 Å². The molecule has 0 unspecified atom stereocenters. The summed E-state index contributed by atoms with van der Waals surface area (Å²) < 4.78 is 0. The molecule has 0 atom stereocenters. The molecule has 0 aliphatic rings. The van der Waals surface area contributed by atoms with Crippen molar-refractivity contribution >= 4 is 6.03 Å². The molecule has 2 amide bonds. The lowest BCUT2D eigenvalue weighted by Gasteiger charge is -2.06. The Morgan fingerprint density at radius 2 is 1.43 bits per heavy atom. The number of hydrogen-bond acceptors (Lipinski definition) is 2. The molecule has 2 N–H and O–H groups in total. The van der Waals surface area contributed by atoms with Crippen molar-refractivity contribution in [2.45, 2.75) is 84.0 Å². The number of carbonyl (C=O) groups excluding carboxylic acids is 1. The topological polar surface area (TPSA) is 64.9 Å². The smallest absolute Gasteiger partial charge is 0.314 e. The predicted molar refractivity (Wildman–Crippen MR) is 97.2 cm³/mol. The second-order valence-electron chi connectivity index (χ2n) is 5.97. The minimum atomic E-state index is -0.0342. The molecule has 0 radical (unpaired) electrons. The Bertz CT molecular complexity index is 334. The van der Waals surface area contributed by atoms with Crippen molar-refractivity contribution in [3.8, 4) is 6.07 Å². The molecule has 4 nitrogen and oxygen atoms in total. The van der Waals surface area contributed by atoms with Crippen LogP contribution in [0.15, 0.2) is 12.2 Å².